The van der Waals surface area contributed by atoms with E-state index in [0.29, 0.717) is 12.3 Å². The largest absolute Gasteiger partial charge is 0.393 e. The summed E-state index contributed by atoms with van der Waals surface area (Å²) in [6, 6.07) is -0.530. The molecule has 0 saturated heterocycles. The third-order valence-corrected chi connectivity index (χ3v) is 3.44. The first kappa shape index (κ1) is 11.4. The molecule has 4 heteroatoms. The van der Waals surface area contributed by atoms with Crippen LogP contribution in [0.2, 0.25) is 0 Å². The molecule has 4 unspecified atom stereocenters. The Kier molecular flexibility index (Phi) is 3.86. The summed E-state index contributed by atoms with van der Waals surface area (Å²) in [6.07, 6.45) is 2.87. The molecule has 0 amide bonds. The highest BCUT2D eigenvalue weighted by Crippen LogP contribution is 2.34. The van der Waals surface area contributed by atoms with Crippen molar-refractivity contribution in [3.63, 3.8) is 0 Å². The van der Waals surface area contributed by atoms with Gasteiger partial charge in [-0.25, -0.2) is 0 Å². The van der Waals surface area contributed by atoms with Crippen LogP contribution in [0.5, 0.6) is 0 Å². The second kappa shape index (κ2) is 4.73. The number of hydrogen-bond acceptors (Lipinski definition) is 3. The van der Waals surface area contributed by atoms with E-state index in [1.807, 2.05) is 0 Å². The van der Waals surface area contributed by atoms with Crippen molar-refractivity contribution >= 4 is 0 Å². The number of hydrogen-bond donors (Lipinski definition) is 1. The number of aliphatic hydroxyl groups excluding tert-OH is 1. The average molecular weight is 201 g/mol. The first-order chi connectivity index (χ1) is 6.56. The molecule has 0 aromatic heterocycles. The van der Waals surface area contributed by atoms with Gasteiger partial charge in [-0.1, -0.05) is 13.3 Å². The predicted molar refractivity (Wildman–Crippen MR) is 53.6 cm³/mol. The van der Waals surface area contributed by atoms with E-state index in [-0.39, 0.29) is 10.8 Å². The molecule has 1 aliphatic carbocycles. The number of rotatable bonds is 3. The van der Waals surface area contributed by atoms with Crippen LogP contribution in [0, 0.1) is 22.0 Å². The van der Waals surface area contributed by atoms with Crippen molar-refractivity contribution < 1.29 is 10.0 Å². The third-order valence-electron chi connectivity index (χ3n) is 3.44. The number of nitrogens with zero attached hydrogens (tertiary/aromatic N) is 1. The van der Waals surface area contributed by atoms with Crippen LogP contribution in [0.3, 0.4) is 0 Å². The van der Waals surface area contributed by atoms with E-state index >= 15 is 0 Å². The van der Waals surface area contributed by atoms with Crippen molar-refractivity contribution in [2.45, 2.75) is 51.7 Å². The van der Waals surface area contributed by atoms with Crippen LogP contribution in [0.1, 0.15) is 39.5 Å². The van der Waals surface area contributed by atoms with Gasteiger partial charge >= 0.3 is 0 Å². The molecule has 14 heavy (non-hydrogen) atoms. The highest BCUT2D eigenvalue weighted by atomic mass is 16.6. The molecule has 1 fully saturated rings. The SMILES string of the molecule is CCC1CCC([N+](=O)[O-])C(C(C)O)C1. The Morgan fingerprint density at radius 2 is 2.21 bits per heavy atom. The van der Waals surface area contributed by atoms with Gasteiger partial charge in [-0.3, -0.25) is 10.1 Å². The van der Waals surface area contributed by atoms with Gasteiger partial charge in [0.15, 0.2) is 0 Å². The zero-order chi connectivity index (χ0) is 10.7. The topological polar surface area (TPSA) is 63.4 Å². The third kappa shape index (κ3) is 2.44. The molecule has 1 N–H and O–H groups in total. The Labute approximate surface area is 84.5 Å². The van der Waals surface area contributed by atoms with E-state index in [1.165, 1.54) is 0 Å². The molecule has 0 radical (unpaired) electrons. The van der Waals surface area contributed by atoms with E-state index in [1.54, 1.807) is 6.92 Å². The lowest BCUT2D eigenvalue weighted by molar-refractivity contribution is -0.539. The maximum atomic E-state index is 10.8. The molecular formula is C10H19NO3. The molecule has 0 aromatic rings. The van der Waals surface area contributed by atoms with Gasteiger partial charge in [0.1, 0.15) is 0 Å². The van der Waals surface area contributed by atoms with Crippen LogP contribution in [-0.2, 0) is 0 Å². The van der Waals surface area contributed by atoms with Gasteiger partial charge in [0.05, 0.1) is 12.0 Å². The lowest BCUT2D eigenvalue weighted by atomic mass is 9.75. The summed E-state index contributed by atoms with van der Waals surface area (Å²) in [5, 5.41) is 20.3. The standard InChI is InChI=1S/C10H19NO3/c1-3-8-4-5-10(11(13)14)9(6-8)7(2)12/h7-10,12H,3-6H2,1-2H3. The Morgan fingerprint density at radius 3 is 2.64 bits per heavy atom. The lowest BCUT2D eigenvalue weighted by Gasteiger charge is -2.32. The summed E-state index contributed by atoms with van der Waals surface area (Å²) in [6.45, 7) is 3.77. The first-order valence-corrected chi connectivity index (χ1v) is 5.37. The molecule has 82 valence electrons. The van der Waals surface area contributed by atoms with Crippen molar-refractivity contribution in [1.82, 2.24) is 0 Å². The highest BCUT2D eigenvalue weighted by molar-refractivity contribution is 4.82. The molecule has 0 heterocycles. The molecule has 4 nitrogen and oxygen atoms in total. The van der Waals surface area contributed by atoms with E-state index in [4.69, 9.17) is 0 Å². The van der Waals surface area contributed by atoms with E-state index in [2.05, 4.69) is 6.92 Å². The minimum Gasteiger partial charge on any atom is -0.393 e. The van der Waals surface area contributed by atoms with Gasteiger partial charge in [-0.2, -0.15) is 0 Å². The quantitative estimate of drug-likeness (QED) is 0.559. The van der Waals surface area contributed by atoms with E-state index < -0.39 is 12.1 Å². The molecule has 1 rings (SSSR count). The van der Waals surface area contributed by atoms with Gasteiger partial charge in [0.2, 0.25) is 6.04 Å². The minimum atomic E-state index is -0.556. The Morgan fingerprint density at radius 1 is 1.57 bits per heavy atom. The Bertz CT molecular complexity index is 206. The van der Waals surface area contributed by atoms with E-state index in [0.717, 1.165) is 19.3 Å². The molecule has 0 spiro atoms. The maximum Gasteiger partial charge on any atom is 0.218 e. The lowest BCUT2D eigenvalue weighted by Crippen LogP contribution is -2.40. The van der Waals surface area contributed by atoms with Crippen molar-refractivity contribution in [3.05, 3.63) is 10.1 Å². The summed E-state index contributed by atoms with van der Waals surface area (Å²) < 4.78 is 0. The van der Waals surface area contributed by atoms with E-state index in [9.17, 15) is 15.2 Å². The van der Waals surface area contributed by atoms with Crippen molar-refractivity contribution in [2.24, 2.45) is 11.8 Å². The van der Waals surface area contributed by atoms with Gasteiger partial charge in [-0.15, -0.1) is 0 Å². The number of nitro groups is 1. The Balaban J connectivity index is 2.65. The van der Waals surface area contributed by atoms with Crippen molar-refractivity contribution in [3.8, 4) is 0 Å². The summed E-state index contributed by atoms with van der Waals surface area (Å²) in [5.74, 6) is 0.412. The molecular weight excluding hydrogens is 182 g/mol. The second-order valence-electron chi connectivity index (χ2n) is 4.34. The monoisotopic (exact) mass is 201 g/mol. The van der Waals surface area contributed by atoms with Crippen LogP contribution >= 0.6 is 0 Å². The molecule has 1 saturated carbocycles. The van der Waals surface area contributed by atoms with Crippen LogP contribution in [0.25, 0.3) is 0 Å². The highest BCUT2D eigenvalue weighted by Gasteiger charge is 2.39. The smallest absolute Gasteiger partial charge is 0.218 e. The molecule has 0 aliphatic heterocycles. The summed E-state index contributed by atoms with van der Waals surface area (Å²) in [4.78, 5) is 10.5. The van der Waals surface area contributed by atoms with Crippen molar-refractivity contribution in [1.29, 1.82) is 0 Å². The van der Waals surface area contributed by atoms with Crippen LogP contribution in [0.4, 0.5) is 0 Å². The molecule has 1 aliphatic rings. The van der Waals surface area contributed by atoms with Gasteiger partial charge in [-0.05, 0) is 25.7 Å². The molecule has 0 aromatic carbocycles. The minimum absolute atomic E-state index is 0.149. The fraction of sp³-hybridized carbons (Fsp3) is 1.00. The zero-order valence-electron chi connectivity index (χ0n) is 8.85. The molecule has 0 bridgehead atoms. The van der Waals surface area contributed by atoms with Crippen LogP contribution in [0.15, 0.2) is 0 Å². The fourth-order valence-corrected chi connectivity index (χ4v) is 2.43. The van der Waals surface area contributed by atoms with Gasteiger partial charge in [0.25, 0.3) is 0 Å². The summed E-state index contributed by atoms with van der Waals surface area (Å²) in [7, 11) is 0. The van der Waals surface area contributed by atoms with Crippen LogP contribution < -0.4 is 0 Å². The average Bonchev–Trinajstić information content (AvgIpc) is 2.16. The Hall–Kier alpha value is -0.640. The summed E-state index contributed by atoms with van der Waals surface area (Å²) >= 11 is 0. The number of aliphatic hydroxyl groups is 1. The van der Waals surface area contributed by atoms with Gasteiger partial charge < -0.3 is 5.11 Å². The maximum absolute atomic E-state index is 10.8. The summed E-state index contributed by atoms with van der Waals surface area (Å²) in [5.41, 5.74) is 0. The fourth-order valence-electron chi connectivity index (χ4n) is 2.43. The van der Waals surface area contributed by atoms with Crippen LogP contribution in [-0.4, -0.2) is 22.2 Å². The first-order valence-electron chi connectivity index (χ1n) is 5.37. The van der Waals surface area contributed by atoms with Gasteiger partial charge in [0, 0.05) is 11.3 Å². The second-order valence-corrected chi connectivity index (χ2v) is 4.34. The zero-order valence-corrected chi connectivity index (χ0v) is 8.85. The predicted octanol–water partition coefficient (Wildman–Crippen LogP) is 1.84. The normalized spacial score (nSPS) is 35.2. The van der Waals surface area contributed by atoms with Crippen molar-refractivity contribution in [2.75, 3.05) is 0 Å². The molecule has 4 atom stereocenters.